The first kappa shape index (κ1) is 15.6. The molecule has 1 aliphatic carbocycles. The average molecular weight is 342 g/mol. The van der Waals surface area contributed by atoms with Gasteiger partial charge in [-0.2, -0.15) is 0 Å². The molecule has 0 spiro atoms. The number of benzene rings is 1. The molecule has 0 radical (unpaired) electrons. The lowest BCUT2D eigenvalue weighted by Crippen LogP contribution is -2.04. The molecule has 0 saturated carbocycles. The fraction of sp³-hybridized carbons (Fsp3) is 0.333. The van der Waals surface area contributed by atoms with Gasteiger partial charge in [-0.3, -0.25) is 9.36 Å². The van der Waals surface area contributed by atoms with Gasteiger partial charge in [-0.25, -0.2) is 0 Å². The minimum Gasteiger partial charge on any atom is -0.494 e. The first-order chi connectivity index (χ1) is 12.1. The third kappa shape index (κ3) is 2.43. The zero-order valence-electron chi connectivity index (χ0n) is 13.8. The second-order valence-electron chi connectivity index (χ2n) is 6.21. The van der Waals surface area contributed by atoms with E-state index in [0.29, 0.717) is 22.4 Å². The van der Waals surface area contributed by atoms with Gasteiger partial charge in [-0.05, 0) is 43.9 Å². The Morgan fingerprint density at radius 2 is 1.92 bits per heavy atom. The van der Waals surface area contributed by atoms with Crippen molar-refractivity contribution >= 4 is 16.9 Å². The van der Waals surface area contributed by atoms with Crippen molar-refractivity contribution in [2.24, 2.45) is 0 Å². The normalized spacial score (nSPS) is 13.8. The van der Waals surface area contributed by atoms with E-state index in [4.69, 9.17) is 4.52 Å². The maximum Gasteiger partial charge on any atom is 0.311 e. The zero-order chi connectivity index (χ0) is 17.6. The van der Waals surface area contributed by atoms with Crippen LogP contribution in [0, 0.1) is 0 Å². The number of hydrogen-bond acceptors (Lipinski definition) is 6. The third-order valence-corrected chi connectivity index (χ3v) is 4.76. The smallest absolute Gasteiger partial charge is 0.311 e. The van der Waals surface area contributed by atoms with Gasteiger partial charge in [0.1, 0.15) is 5.69 Å². The van der Waals surface area contributed by atoms with Crippen molar-refractivity contribution in [3.05, 3.63) is 35.0 Å². The zero-order valence-corrected chi connectivity index (χ0v) is 13.8. The molecule has 0 unspecified atom stereocenters. The first-order valence-corrected chi connectivity index (χ1v) is 8.20. The largest absolute Gasteiger partial charge is 0.494 e. The molecule has 25 heavy (non-hydrogen) atoms. The van der Waals surface area contributed by atoms with Crippen LogP contribution in [0.1, 0.15) is 29.7 Å². The van der Waals surface area contributed by atoms with E-state index in [9.17, 15) is 15.0 Å². The van der Waals surface area contributed by atoms with Gasteiger partial charge in [0.25, 0.3) is 0 Å². The van der Waals surface area contributed by atoms with Gasteiger partial charge in [-0.15, -0.1) is 0 Å². The second-order valence-corrected chi connectivity index (χ2v) is 6.21. The Kier molecular flexibility index (Phi) is 3.63. The number of rotatable bonds is 3. The number of ether oxygens (including phenoxy) is 1. The lowest BCUT2D eigenvalue weighted by molar-refractivity contribution is -0.139. The molecule has 4 rings (SSSR count). The van der Waals surface area contributed by atoms with Crippen molar-refractivity contribution in [2.45, 2.75) is 32.1 Å². The van der Waals surface area contributed by atoms with Crippen LogP contribution in [0.3, 0.4) is 0 Å². The summed E-state index contributed by atoms with van der Waals surface area (Å²) >= 11 is 0. The van der Waals surface area contributed by atoms with E-state index in [2.05, 4.69) is 9.89 Å². The number of aromatic hydroxyl groups is 2. The van der Waals surface area contributed by atoms with E-state index in [0.717, 1.165) is 36.8 Å². The first-order valence-electron chi connectivity index (χ1n) is 8.20. The van der Waals surface area contributed by atoms with Crippen LogP contribution in [0.5, 0.6) is 11.8 Å². The van der Waals surface area contributed by atoms with Gasteiger partial charge in [0.05, 0.1) is 19.2 Å². The van der Waals surface area contributed by atoms with E-state index >= 15 is 0 Å². The predicted molar refractivity (Wildman–Crippen MR) is 89.0 cm³/mol. The van der Waals surface area contributed by atoms with Crippen LogP contribution >= 0.6 is 0 Å². The maximum atomic E-state index is 11.5. The highest BCUT2D eigenvalue weighted by molar-refractivity contribution is 5.86. The van der Waals surface area contributed by atoms with Crippen molar-refractivity contribution in [1.29, 1.82) is 0 Å². The van der Waals surface area contributed by atoms with Crippen LogP contribution in [-0.4, -0.2) is 33.0 Å². The van der Waals surface area contributed by atoms with E-state index < -0.39 is 5.97 Å². The van der Waals surface area contributed by atoms with Gasteiger partial charge in [0.2, 0.25) is 11.8 Å². The van der Waals surface area contributed by atoms with Gasteiger partial charge in [-0.1, -0.05) is 5.16 Å². The standard InChI is InChI=1S/C18H18N2O5/c1-24-16(21)9-14-13-8-10(6-7-15(13)25-19-14)20-17(22)11-4-2-3-5-12(11)18(20)23/h6-8,22-23H,2-5,9H2,1H3. The van der Waals surface area contributed by atoms with Gasteiger partial charge in [0.15, 0.2) is 5.58 Å². The van der Waals surface area contributed by atoms with E-state index in [1.54, 1.807) is 18.2 Å². The number of esters is 1. The number of fused-ring (bicyclic) bond motifs is 2. The van der Waals surface area contributed by atoms with Crippen LogP contribution in [0.4, 0.5) is 0 Å². The molecule has 7 nitrogen and oxygen atoms in total. The molecular formula is C18H18N2O5. The Bertz CT molecular complexity index is 940. The summed E-state index contributed by atoms with van der Waals surface area (Å²) in [4.78, 5) is 11.5. The molecule has 0 fully saturated rings. The number of aromatic nitrogens is 2. The number of carbonyl (C=O) groups excluding carboxylic acids is 1. The monoisotopic (exact) mass is 342 g/mol. The Hall–Kier alpha value is -2.96. The number of methoxy groups -OCH3 is 1. The van der Waals surface area contributed by atoms with Crippen LogP contribution < -0.4 is 0 Å². The SMILES string of the molecule is COC(=O)Cc1noc2ccc(-n3c(O)c4c(c3O)CCCC4)cc12. The fourth-order valence-corrected chi connectivity index (χ4v) is 3.47. The van der Waals surface area contributed by atoms with Crippen molar-refractivity contribution in [2.75, 3.05) is 7.11 Å². The van der Waals surface area contributed by atoms with Gasteiger partial charge < -0.3 is 19.5 Å². The summed E-state index contributed by atoms with van der Waals surface area (Å²) in [6.45, 7) is 0. The van der Waals surface area contributed by atoms with E-state index in [1.807, 2.05) is 0 Å². The molecule has 7 heteroatoms. The molecule has 0 bridgehead atoms. The molecule has 2 N–H and O–H groups in total. The lowest BCUT2D eigenvalue weighted by atomic mass is 9.95. The van der Waals surface area contributed by atoms with Crippen molar-refractivity contribution in [3.63, 3.8) is 0 Å². The van der Waals surface area contributed by atoms with Crippen molar-refractivity contribution in [1.82, 2.24) is 9.72 Å². The average Bonchev–Trinajstić information content (AvgIpc) is 3.14. The number of hydrogen-bond donors (Lipinski definition) is 2. The summed E-state index contributed by atoms with van der Waals surface area (Å²) < 4.78 is 11.3. The summed E-state index contributed by atoms with van der Waals surface area (Å²) in [7, 11) is 1.32. The maximum absolute atomic E-state index is 11.5. The molecule has 3 aromatic rings. The molecule has 0 amide bonds. The summed E-state index contributed by atoms with van der Waals surface area (Å²) in [5.74, 6) is -0.280. The molecule has 2 heterocycles. The van der Waals surface area contributed by atoms with Crippen LogP contribution in [0.2, 0.25) is 0 Å². The van der Waals surface area contributed by atoms with Crippen molar-refractivity contribution < 1.29 is 24.3 Å². The lowest BCUT2D eigenvalue weighted by Gasteiger charge is -2.09. The van der Waals surface area contributed by atoms with Crippen LogP contribution in [-0.2, 0) is 28.8 Å². The Labute approximate surface area is 143 Å². The Morgan fingerprint density at radius 3 is 2.56 bits per heavy atom. The molecule has 0 saturated heterocycles. The summed E-state index contributed by atoms with van der Waals surface area (Å²) in [5.41, 5.74) is 3.19. The molecule has 0 atom stereocenters. The Balaban J connectivity index is 1.84. The quantitative estimate of drug-likeness (QED) is 0.710. The molecule has 130 valence electrons. The summed E-state index contributed by atoms with van der Waals surface area (Å²) in [6, 6.07) is 5.19. The Morgan fingerprint density at radius 1 is 1.24 bits per heavy atom. The summed E-state index contributed by atoms with van der Waals surface area (Å²) in [6.07, 6.45) is 3.50. The van der Waals surface area contributed by atoms with Crippen molar-refractivity contribution in [3.8, 4) is 17.4 Å². The highest BCUT2D eigenvalue weighted by atomic mass is 16.5. The minimum atomic E-state index is -0.414. The number of carbonyl (C=O) groups is 1. The fourth-order valence-electron chi connectivity index (χ4n) is 3.47. The van der Waals surface area contributed by atoms with Gasteiger partial charge in [0, 0.05) is 16.5 Å². The third-order valence-electron chi connectivity index (χ3n) is 4.76. The van der Waals surface area contributed by atoms with Crippen LogP contribution in [0.15, 0.2) is 22.7 Å². The van der Waals surface area contributed by atoms with Gasteiger partial charge >= 0.3 is 5.97 Å². The molecule has 1 aliphatic rings. The molecular weight excluding hydrogens is 324 g/mol. The molecule has 2 aromatic heterocycles. The molecule has 0 aliphatic heterocycles. The molecule has 1 aromatic carbocycles. The highest BCUT2D eigenvalue weighted by Gasteiger charge is 2.25. The van der Waals surface area contributed by atoms with E-state index in [1.165, 1.54) is 11.7 Å². The number of nitrogens with zero attached hydrogens (tertiary/aromatic N) is 2. The summed E-state index contributed by atoms with van der Waals surface area (Å²) in [5, 5.41) is 25.7. The van der Waals surface area contributed by atoms with Crippen LogP contribution in [0.25, 0.3) is 16.7 Å². The minimum absolute atomic E-state index is 0.00685. The topological polar surface area (TPSA) is 97.7 Å². The predicted octanol–water partition coefficient (Wildman–Crippen LogP) is 2.62. The van der Waals surface area contributed by atoms with E-state index in [-0.39, 0.29) is 18.2 Å². The highest BCUT2D eigenvalue weighted by Crippen LogP contribution is 2.41. The second kappa shape index (κ2) is 5.84.